The summed E-state index contributed by atoms with van der Waals surface area (Å²) in [7, 11) is 0. The number of rotatable bonds is 3. The first-order chi connectivity index (χ1) is 9.14. The second-order valence-corrected chi connectivity index (χ2v) is 7.54. The van der Waals surface area contributed by atoms with Crippen LogP contribution in [0.25, 0.3) is 0 Å². The van der Waals surface area contributed by atoms with E-state index >= 15 is 0 Å². The van der Waals surface area contributed by atoms with E-state index in [1.165, 1.54) is 5.56 Å². The molecule has 1 amide bonds. The molecule has 0 aliphatic heterocycles. The van der Waals surface area contributed by atoms with Gasteiger partial charge >= 0.3 is 0 Å². The quantitative estimate of drug-likeness (QED) is 0.901. The van der Waals surface area contributed by atoms with Gasteiger partial charge in [0.2, 0.25) is 5.91 Å². The molecule has 0 saturated heterocycles. The Morgan fingerprint density at radius 2 is 2.15 bits per heavy atom. The van der Waals surface area contributed by atoms with Gasteiger partial charge in [-0.1, -0.05) is 34.6 Å². The van der Waals surface area contributed by atoms with Crippen LogP contribution in [0.3, 0.4) is 0 Å². The van der Waals surface area contributed by atoms with Gasteiger partial charge in [-0.3, -0.25) is 4.79 Å². The van der Waals surface area contributed by atoms with E-state index in [0.29, 0.717) is 0 Å². The van der Waals surface area contributed by atoms with E-state index in [1.807, 2.05) is 20.8 Å². The number of carbonyl (C=O) groups excluding carboxylic acids is 1. The molecule has 1 aromatic rings. The Labute approximate surface area is 122 Å². The molecule has 112 valence electrons. The van der Waals surface area contributed by atoms with E-state index < -0.39 is 0 Å². The molecule has 1 aromatic heterocycles. The van der Waals surface area contributed by atoms with Crippen molar-refractivity contribution in [3.8, 4) is 0 Å². The fraction of sp³-hybridized carbons (Fsp3) is 0.706. The largest absolute Gasteiger partial charge is 0.466 e. The fourth-order valence-corrected chi connectivity index (χ4v) is 2.83. The minimum atomic E-state index is -0.319. The maximum absolute atomic E-state index is 12.4. The molecule has 0 saturated carbocycles. The van der Waals surface area contributed by atoms with Gasteiger partial charge < -0.3 is 9.73 Å². The van der Waals surface area contributed by atoms with Crippen molar-refractivity contribution in [2.24, 2.45) is 10.8 Å². The molecule has 1 aliphatic carbocycles. The first-order valence-electron chi connectivity index (χ1n) is 7.55. The van der Waals surface area contributed by atoms with Crippen LogP contribution in [0.2, 0.25) is 0 Å². The monoisotopic (exact) mass is 277 g/mol. The summed E-state index contributed by atoms with van der Waals surface area (Å²) in [6.07, 6.45) is 2.75. The number of hydrogen-bond acceptors (Lipinski definition) is 2. The third-order valence-electron chi connectivity index (χ3n) is 4.54. The minimum Gasteiger partial charge on any atom is -0.466 e. The van der Waals surface area contributed by atoms with Crippen LogP contribution in [0, 0.1) is 17.8 Å². The molecule has 0 radical (unpaired) electrons. The van der Waals surface area contributed by atoms with Gasteiger partial charge in [0, 0.05) is 17.4 Å². The predicted octanol–water partition coefficient (Wildman–Crippen LogP) is 4.15. The Balaban J connectivity index is 2.25. The summed E-state index contributed by atoms with van der Waals surface area (Å²) in [6.45, 7) is 12.5. The van der Waals surface area contributed by atoms with Crippen molar-refractivity contribution >= 4 is 5.91 Å². The molecule has 1 N–H and O–H groups in total. The third-order valence-corrected chi connectivity index (χ3v) is 4.54. The van der Waals surface area contributed by atoms with E-state index in [0.717, 1.165) is 30.8 Å². The molecule has 20 heavy (non-hydrogen) atoms. The van der Waals surface area contributed by atoms with Gasteiger partial charge in [-0.25, -0.2) is 0 Å². The van der Waals surface area contributed by atoms with Gasteiger partial charge in [-0.15, -0.1) is 0 Å². The number of nitrogens with one attached hydrogen (secondary N) is 1. The molecule has 1 atom stereocenters. The van der Waals surface area contributed by atoms with Gasteiger partial charge in [0.1, 0.15) is 11.5 Å². The summed E-state index contributed by atoms with van der Waals surface area (Å²) in [5.74, 6) is 2.10. The molecule has 3 heteroatoms. The number of carbonyl (C=O) groups is 1. The number of furan rings is 1. The molecular weight excluding hydrogens is 250 g/mol. The lowest BCUT2D eigenvalue weighted by Gasteiger charge is -2.36. The highest BCUT2D eigenvalue weighted by molar-refractivity contribution is 5.82. The maximum atomic E-state index is 12.4. The average molecular weight is 277 g/mol. The van der Waals surface area contributed by atoms with Gasteiger partial charge in [-0.05, 0) is 31.2 Å². The zero-order valence-electron chi connectivity index (χ0n) is 13.6. The van der Waals surface area contributed by atoms with Crippen molar-refractivity contribution in [3.05, 3.63) is 23.2 Å². The number of amides is 1. The topological polar surface area (TPSA) is 42.2 Å². The van der Waals surface area contributed by atoms with Crippen LogP contribution in [0.5, 0.6) is 0 Å². The average Bonchev–Trinajstić information content (AvgIpc) is 2.67. The molecule has 0 fully saturated rings. The van der Waals surface area contributed by atoms with Crippen LogP contribution in [0.15, 0.2) is 10.5 Å². The van der Waals surface area contributed by atoms with Crippen molar-refractivity contribution in [2.75, 3.05) is 0 Å². The highest BCUT2D eigenvalue weighted by Gasteiger charge is 2.37. The van der Waals surface area contributed by atoms with Crippen molar-refractivity contribution in [1.29, 1.82) is 0 Å². The van der Waals surface area contributed by atoms with Crippen LogP contribution in [0.1, 0.15) is 70.6 Å². The molecule has 0 bridgehead atoms. The smallest absolute Gasteiger partial charge is 0.226 e. The lowest BCUT2D eigenvalue weighted by atomic mass is 9.74. The Morgan fingerprint density at radius 1 is 1.50 bits per heavy atom. The Hall–Kier alpha value is -1.25. The van der Waals surface area contributed by atoms with Crippen LogP contribution in [-0.4, -0.2) is 5.91 Å². The molecule has 1 aliphatic rings. The highest BCUT2D eigenvalue weighted by Crippen LogP contribution is 2.42. The Kier molecular flexibility index (Phi) is 3.74. The Morgan fingerprint density at radius 3 is 2.75 bits per heavy atom. The van der Waals surface area contributed by atoms with Crippen LogP contribution >= 0.6 is 0 Å². The first-order valence-corrected chi connectivity index (χ1v) is 7.55. The maximum Gasteiger partial charge on any atom is 0.226 e. The van der Waals surface area contributed by atoms with Crippen molar-refractivity contribution in [2.45, 2.75) is 66.8 Å². The summed E-state index contributed by atoms with van der Waals surface area (Å²) in [4.78, 5) is 12.4. The normalized spacial score (nSPS) is 21.4. The molecule has 1 heterocycles. The summed E-state index contributed by atoms with van der Waals surface area (Å²) in [6, 6.07) is 2.15. The van der Waals surface area contributed by atoms with Crippen LogP contribution in [-0.2, 0) is 11.2 Å². The van der Waals surface area contributed by atoms with Gasteiger partial charge in [0.05, 0.1) is 6.04 Å². The first kappa shape index (κ1) is 15.1. The Bertz CT molecular complexity index is 511. The second kappa shape index (κ2) is 4.94. The van der Waals surface area contributed by atoms with Gasteiger partial charge in [0.25, 0.3) is 0 Å². The molecule has 0 aromatic carbocycles. The van der Waals surface area contributed by atoms with Crippen molar-refractivity contribution in [1.82, 2.24) is 5.32 Å². The highest BCUT2D eigenvalue weighted by atomic mass is 16.3. The SMILES string of the molecule is CCC(C)(C)C(=O)NC1CC(C)(C)Cc2oc(C)cc21. The second-order valence-electron chi connectivity index (χ2n) is 7.54. The molecule has 2 rings (SSSR count). The number of hydrogen-bond donors (Lipinski definition) is 1. The predicted molar refractivity (Wildman–Crippen MR) is 80.5 cm³/mol. The number of aryl methyl sites for hydroxylation is 1. The summed E-state index contributed by atoms with van der Waals surface area (Å²) >= 11 is 0. The van der Waals surface area contributed by atoms with Gasteiger partial charge in [0.15, 0.2) is 0 Å². The van der Waals surface area contributed by atoms with E-state index in [-0.39, 0.29) is 22.8 Å². The van der Waals surface area contributed by atoms with Crippen LogP contribution in [0.4, 0.5) is 0 Å². The van der Waals surface area contributed by atoms with Gasteiger partial charge in [-0.2, -0.15) is 0 Å². The van der Waals surface area contributed by atoms with E-state index in [9.17, 15) is 4.79 Å². The minimum absolute atomic E-state index is 0.0736. The summed E-state index contributed by atoms with van der Waals surface area (Å²) in [5, 5.41) is 3.24. The third kappa shape index (κ3) is 2.92. The van der Waals surface area contributed by atoms with E-state index in [1.54, 1.807) is 0 Å². The van der Waals surface area contributed by atoms with Crippen molar-refractivity contribution < 1.29 is 9.21 Å². The lowest BCUT2D eigenvalue weighted by molar-refractivity contribution is -0.130. The lowest BCUT2D eigenvalue weighted by Crippen LogP contribution is -2.42. The zero-order chi connectivity index (χ0) is 15.1. The summed E-state index contributed by atoms with van der Waals surface area (Å²) in [5.41, 5.74) is 1.01. The molecule has 0 spiro atoms. The molecule has 3 nitrogen and oxygen atoms in total. The van der Waals surface area contributed by atoms with Crippen LogP contribution < -0.4 is 5.32 Å². The zero-order valence-corrected chi connectivity index (χ0v) is 13.6. The fourth-order valence-electron chi connectivity index (χ4n) is 2.83. The van der Waals surface area contributed by atoms with E-state index in [4.69, 9.17) is 4.42 Å². The number of fused-ring (bicyclic) bond motifs is 1. The van der Waals surface area contributed by atoms with Crippen molar-refractivity contribution in [3.63, 3.8) is 0 Å². The standard InChI is InChI=1S/C17H27NO2/c1-7-17(5,6)15(19)18-13-9-16(3,4)10-14-12(13)8-11(2)20-14/h8,13H,7,9-10H2,1-6H3,(H,18,19). The molecule has 1 unspecified atom stereocenters. The van der Waals surface area contributed by atoms with E-state index in [2.05, 4.69) is 32.2 Å². The molecular formula is C17H27NO2. The summed E-state index contributed by atoms with van der Waals surface area (Å²) < 4.78 is 5.81.